The molecule has 0 saturated heterocycles. The van der Waals surface area contributed by atoms with Gasteiger partial charge in [0.05, 0.1) is 0 Å². The van der Waals surface area contributed by atoms with Gasteiger partial charge in [-0.3, -0.25) is 0 Å². The molecule has 0 aromatic carbocycles. The van der Waals surface area contributed by atoms with Gasteiger partial charge in [-0.1, -0.05) is 0 Å². The van der Waals surface area contributed by atoms with E-state index in [0.29, 0.717) is 12.8 Å². The average Bonchev–Trinajstić information content (AvgIpc) is 2.71. The van der Waals surface area contributed by atoms with Gasteiger partial charge >= 0.3 is 177 Å². The Morgan fingerprint density at radius 1 is 0.586 bits per heavy atom. The second-order valence-electron chi connectivity index (χ2n) is 7.51. The maximum atomic E-state index is 14.3. The van der Waals surface area contributed by atoms with Crippen LogP contribution in [0.15, 0.2) is 0 Å². The van der Waals surface area contributed by atoms with Crippen molar-refractivity contribution in [2.45, 2.75) is 98.8 Å². The van der Waals surface area contributed by atoms with Gasteiger partial charge < -0.3 is 0 Å². The average molecular weight is 543 g/mol. The zero-order valence-corrected chi connectivity index (χ0v) is 20.6. The summed E-state index contributed by atoms with van der Waals surface area (Å²) in [6, 6.07) is 0. The van der Waals surface area contributed by atoms with E-state index in [1.165, 1.54) is 0 Å². The molecule has 0 saturated carbocycles. The molecule has 4 unspecified atom stereocenters. The first kappa shape index (κ1) is 29.3. The van der Waals surface area contributed by atoms with Gasteiger partial charge in [0.25, 0.3) is 0 Å². The molecule has 2 nitrogen and oxygen atoms in total. The summed E-state index contributed by atoms with van der Waals surface area (Å²) in [4.78, 5) is 0. The molecule has 0 amide bonds. The fraction of sp³-hybridized carbons (Fsp3) is 1.00. The summed E-state index contributed by atoms with van der Waals surface area (Å²) in [5.41, 5.74) is 0. The monoisotopic (exact) mass is 544 g/mol. The Hall–Kier alpha value is 0.299. The maximum absolute atomic E-state index is 14.3. The van der Waals surface area contributed by atoms with Crippen LogP contribution in [0.25, 0.3) is 0 Å². The number of alkyl halides is 6. The van der Waals surface area contributed by atoms with Gasteiger partial charge in [-0.05, 0) is 0 Å². The van der Waals surface area contributed by atoms with E-state index >= 15 is 0 Å². The van der Waals surface area contributed by atoms with Crippen LogP contribution >= 0.6 is 0 Å². The Bertz CT molecular complexity index is 347. The first-order valence-corrected chi connectivity index (χ1v) is 17.2. The standard InChI is InChI=1S/2C6H13O.2C4H6F3.Sn/c2*1-2-3-4-5-6-7;2*1-3(6)4(7)2-5;/h2*2-6H2,1H3;2*3-4H,1-2H2;/q2*-1;;;+2. The molecule has 0 heterocycles. The van der Waals surface area contributed by atoms with Crippen LogP contribution in [0.4, 0.5) is 26.3 Å². The van der Waals surface area contributed by atoms with Gasteiger partial charge in [0.1, 0.15) is 0 Å². The molecule has 176 valence electrons. The van der Waals surface area contributed by atoms with Gasteiger partial charge in [0.15, 0.2) is 0 Å². The number of rotatable bonds is 20. The van der Waals surface area contributed by atoms with Gasteiger partial charge in [-0.2, -0.15) is 0 Å². The van der Waals surface area contributed by atoms with Crippen LogP contribution in [-0.2, 0) is 6.15 Å². The zero-order valence-electron chi connectivity index (χ0n) is 17.8. The first-order chi connectivity index (χ1) is 13.9. The van der Waals surface area contributed by atoms with Crippen molar-refractivity contribution in [3.63, 3.8) is 0 Å². The van der Waals surface area contributed by atoms with Gasteiger partial charge in [0, 0.05) is 0 Å². The van der Waals surface area contributed by atoms with Crippen molar-refractivity contribution < 1.29 is 32.5 Å². The predicted molar refractivity (Wildman–Crippen MR) is 107 cm³/mol. The molecular formula is C20H38F6O2Sn. The van der Waals surface area contributed by atoms with Crippen molar-refractivity contribution in [2.24, 2.45) is 0 Å². The van der Waals surface area contributed by atoms with Crippen LogP contribution in [0.5, 0.6) is 0 Å². The molecule has 0 aromatic rings. The third kappa shape index (κ3) is 13.3. The number of hydrogen-bond donors (Lipinski definition) is 0. The number of halogens is 6. The summed E-state index contributed by atoms with van der Waals surface area (Å²) < 4.78 is 91.3. The molecule has 0 N–H and O–H groups in total. The minimum atomic E-state index is -4.69. The minimum absolute atomic E-state index is 0.170. The SMILES string of the molecule is CCCCCC[O][Sn]([CH2]C(F)C(F)CF)([CH2]C(F)C(F)CF)[O]CCCCCC. The summed E-state index contributed by atoms with van der Waals surface area (Å²) in [5.74, 6) is 0. The van der Waals surface area contributed by atoms with Crippen LogP contribution < -0.4 is 0 Å². The third-order valence-electron chi connectivity index (χ3n) is 4.82. The fourth-order valence-electron chi connectivity index (χ4n) is 2.98. The Morgan fingerprint density at radius 2 is 0.966 bits per heavy atom. The molecule has 0 aliphatic rings. The van der Waals surface area contributed by atoms with E-state index in [4.69, 9.17) is 6.15 Å². The van der Waals surface area contributed by atoms with Crippen LogP contribution in [0, 0.1) is 0 Å². The molecule has 0 spiro atoms. The van der Waals surface area contributed by atoms with E-state index in [9.17, 15) is 26.3 Å². The Labute approximate surface area is 177 Å². The summed E-state index contributed by atoms with van der Waals surface area (Å²) in [6.07, 6.45) is -2.29. The number of hydrogen-bond acceptors (Lipinski definition) is 2. The quantitative estimate of drug-likeness (QED) is 0.0944. The summed E-state index contributed by atoms with van der Waals surface area (Å²) in [6.45, 7) is 1.38. The summed E-state index contributed by atoms with van der Waals surface area (Å²) in [7, 11) is 0. The van der Waals surface area contributed by atoms with Crippen molar-refractivity contribution in [1.82, 2.24) is 0 Å². The molecule has 0 fully saturated rings. The molecule has 0 aromatic heterocycles. The predicted octanol–water partition coefficient (Wildman–Crippen LogP) is 6.91. The van der Waals surface area contributed by atoms with Crippen LogP contribution in [0.3, 0.4) is 0 Å². The second-order valence-corrected chi connectivity index (χ2v) is 16.7. The van der Waals surface area contributed by atoms with E-state index in [1.54, 1.807) is 0 Å². The van der Waals surface area contributed by atoms with Crippen molar-refractivity contribution in [3.05, 3.63) is 0 Å². The second kappa shape index (κ2) is 17.9. The molecule has 0 rings (SSSR count). The van der Waals surface area contributed by atoms with Gasteiger partial charge in [-0.15, -0.1) is 0 Å². The van der Waals surface area contributed by atoms with Gasteiger partial charge in [0.2, 0.25) is 0 Å². The molecule has 0 aliphatic carbocycles. The molecule has 0 radical (unpaired) electrons. The first-order valence-electron chi connectivity index (χ1n) is 10.8. The van der Waals surface area contributed by atoms with E-state index in [-0.39, 0.29) is 13.2 Å². The van der Waals surface area contributed by atoms with Crippen LogP contribution in [0.1, 0.15) is 65.2 Å². The Kier molecular flexibility index (Phi) is 18.1. The van der Waals surface area contributed by atoms with Gasteiger partial charge in [-0.25, -0.2) is 0 Å². The van der Waals surface area contributed by atoms with E-state index < -0.39 is 66.1 Å². The molecular weight excluding hydrogens is 505 g/mol. The summed E-state index contributed by atoms with van der Waals surface area (Å²) in [5, 5.41) is 0. The molecule has 0 aliphatic heterocycles. The summed E-state index contributed by atoms with van der Waals surface area (Å²) >= 11 is -4.69. The normalized spacial score (nSPS) is 16.6. The number of unbranched alkanes of at least 4 members (excludes halogenated alkanes) is 6. The van der Waals surface area contributed by atoms with Crippen LogP contribution in [0.2, 0.25) is 8.87 Å². The molecule has 9 heteroatoms. The Morgan fingerprint density at radius 3 is 1.28 bits per heavy atom. The molecule has 0 bridgehead atoms. The fourth-order valence-corrected chi connectivity index (χ4v) is 12.8. The molecule has 29 heavy (non-hydrogen) atoms. The van der Waals surface area contributed by atoms with E-state index in [1.807, 2.05) is 13.8 Å². The van der Waals surface area contributed by atoms with E-state index in [2.05, 4.69) is 0 Å². The Balaban J connectivity index is 5.26. The zero-order chi connectivity index (χ0) is 22.1. The van der Waals surface area contributed by atoms with Crippen molar-refractivity contribution in [2.75, 3.05) is 26.6 Å². The van der Waals surface area contributed by atoms with Crippen molar-refractivity contribution in [1.29, 1.82) is 0 Å². The van der Waals surface area contributed by atoms with Crippen molar-refractivity contribution >= 4 is 19.2 Å². The topological polar surface area (TPSA) is 18.5 Å². The third-order valence-corrected chi connectivity index (χ3v) is 14.8. The van der Waals surface area contributed by atoms with E-state index in [0.717, 1.165) is 38.5 Å². The van der Waals surface area contributed by atoms with Crippen molar-refractivity contribution in [3.8, 4) is 0 Å². The molecule has 4 atom stereocenters. The van der Waals surface area contributed by atoms with Crippen LogP contribution in [-0.4, -0.2) is 70.5 Å².